The van der Waals surface area contributed by atoms with Gasteiger partial charge in [0.15, 0.2) is 0 Å². The van der Waals surface area contributed by atoms with Crippen molar-refractivity contribution in [1.29, 1.82) is 0 Å². The Balaban J connectivity index is 2.05. The Bertz CT molecular complexity index is 372. The van der Waals surface area contributed by atoms with Gasteiger partial charge in [0.05, 0.1) is 11.6 Å². The van der Waals surface area contributed by atoms with Crippen LogP contribution in [0.15, 0.2) is 18.2 Å². The van der Waals surface area contributed by atoms with Gasteiger partial charge in [-0.25, -0.2) is 4.39 Å². The van der Waals surface area contributed by atoms with Crippen molar-refractivity contribution in [2.45, 2.75) is 17.7 Å². The number of hydrogen-bond donors (Lipinski definition) is 0. The standard InChI is InChI=1S/C12H13BrClFO/c13-10-3-4-16-7-9(10)5-8-1-2-11(14)12(15)6-8/h1-2,6,9-10H,3-5,7H2. The third-order valence-corrected chi connectivity index (χ3v) is 4.38. The second kappa shape index (κ2) is 5.48. The van der Waals surface area contributed by atoms with Crippen molar-refractivity contribution in [2.75, 3.05) is 13.2 Å². The number of alkyl halides is 1. The highest BCUT2D eigenvalue weighted by Gasteiger charge is 2.23. The Morgan fingerprint density at radius 1 is 1.50 bits per heavy atom. The SMILES string of the molecule is Fc1cc(CC2COCCC2Br)ccc1Cl. The molecule has 2 atom stereocenters. The molecule has 1 nitrogen and oxygen atoms in total. The maximum Gasteiger partial charge on any atom is 0.142 e. The first-order chi connectivity index (χ1) is 7.66. The monoisotopic (exact) mass is 306 g/mol. The van der Waals surface area contributed by atoms with Crippen molar-refractivity contribution in [3.05, 3.63) is 34.6 Å². The molecule has 16 heavy (non-hydrogen) atoms. The largest absolute Gasteiger partial charge is 0.381 e. The van der Waals surface area contributed by atoms with Gasteiger partial charge < -0.3 is 4.74 Å². The van der Waals surface area contributed by atoms with Crippen LogP contribution in [0.5, 0.6) is 0 Å². The molecule has 1 fully saturated rings. The van der Waals surface area contributed by atoms with Crippen LogP contribution < -0.4 is 0 Å². The van der Waals surface area contributed by atoms with Crippen LogP contribution >= 0.6 is 27.5 Å². The normalized spacial score (nSPS) is 25.7. The summed E-state index contributed by atoms with van der Waals surface area (Å²) in [6, 6.07) is 5.00. The van der Waals surface area contributed by atoms with Crippen LogP contribution in [0.4, 0.5) is 4.39 Å². The van der Waals surface area contributed by atoms with E-state index in [9.17, 15) is 4.39 Å². The first-order valence-corrected chi connectivity index (χ1v) is 6.62. The first kappa shape index (κ1) is 12.3. The summed E-state index contributed by atoms with van der Waals surface area (Å²) in [5, 5.41) is 0.180. The Hall–Kier alpha value is -0.120. The molecule has 1 saturated heterocycles. The number of ether oxygens (including phenoxy) is 1. The average Bonchev–Trinajstić information content (AvgIpc) is 2.27. The van der Waals surface area contributed by atoms with Crippen LogP contribution in [-0.4, -0.2) is 18.0 Å². The van der Waals surface area contributed by atoms with Gasteiger partial charge in [0, 0.05) is 11.4 Å². The molecule has 0 aliphatic carbocycles. The molecule has 1 aromatic rings. The molecule has 4 heteroatoms. The summed E-state index contributed by atoms with van der Waals surface area (Å²) in [7, 11) is 0. The Kier molecular flexibility index (Phi) is 4.22. The molecule has 1 aliphatic heterocycles. The van der Waals surface area contributed by atoms with E-state index in [1.807, 2.05) is 6.07 Å². The van der Waals surface area contributed by atoms with Crippen molar-refractivity contribution in [1.82, 2.24) is 0 Å². The molecule has 1 aromatic carbocycles. The number of benzene rings is 1. The molecule has 1 aliphatic rings. The van der Waals surface area contributed by atoms with E-state index in [1.165, 1.54) is 6.07 Å². The Morgan fingerprint density at radius 3 is 3.00 bits per heavy atom. The van der Waals surface area contributed by atoms with Gasteiger partial charge in [-0.1, -0.05) is 33.6 Å². The topological polar surface area (TPSA) is 9.23 Å². The van der Waals surface area contributed by atoms with Crippen LogP contribution in [0.2, 0.25) is 5.02 Å². The van der Waals surface area contributed by atoms with E-state index >= 15 is 0 Å². The first-order valence-electron chi connectivity index (χ1n) is 5.32. The Morgan fingerprint density at radius 2 is 2.31 bits per heavy atom. The average molecular weight is 308 g/mol. The molecule has 0 spiro atoms. The summed E-state index contributed by atoms with van der Waals surface area (Å²) in [4.78, 5) is 0.458. The lowest BCUT2D eigenvalue weighted by Gasteiger charge is -2.27. The molecule has 2 unspecified atom stereocenters. The fourth-order valence-corrected chi connectivity index (χ4v) is 2.57. The summed E-state index contributed by atoms with van der Waals surface area (Å²) in [5.74, 6) is 0.0661. The molecule has 0 bridgehead atoms. The fraction of sp³-hybridized carbons (Fsp3) is 0.500. The number of hydrogen-bond acceptors (Lipinski definition) is 1. The van der Waals surface area contributed by atoms with Crippen molar-refractivity contribution < 1.29 is 9.13 Å². The quantitative estimate of drug-likeness (QED) is 0.755. The minimum Gasteiger partial charge on any atom is -0.381 e. The van der Waals surface area contributed by atoms with Crippen molar-refractivity contribution in [3.63, 3.8) is 0 Å². The fourth-order valence-electron chi connectivity index (χ4n) is 1.93. The predicted molar refractivity (Wildman–Crippen MR) is 66.8 cm³/mol. The van der Waals surface area contributed by atoms with Gasteiger partial charge in [0.2, 0.25) is 0 Å². The van der Waals surface area contributed by atoms with Crippen LogP contribution in [0.25, 0.3) is 0 Å². The van der Waals surface area contributed by atoms with Crippen molar-refractivity contribution in [2.24, 2.45) is 5.92 Å². The molecule has 0 N–H and O–H groups in total. The van der Waals surface area contributed by atoms with Gasteiger partial charge in [-0.05, 0) is 36.5 Å². The van der Waals surface area contributed by atoms with E-state index in [-0.39, 0.29) is 10.8 Å². The van der Waals surface area contributed by atoms with Crippen LogP contribution in [-0.2, 0) is 11.2 Å². The van der Waals surface area contributed by atoms with Crippen molar-refractivity contribution >= 4 is 27.5 Å². The summed E-state index contributed by atoms with van der Waals surface area (Å²) in [6.07, 6.45) is 1.84. The predicted octanol–water partition coefficient (Wildman–Crippen LogP) is 3.82. The smallest absolute Gasteiger partial charge is 0.142 e. The molecule has 1 heterocycles. The molecule has 0 amide bonds. The molecular weight excluding hydrogens is 294 g/mol. The summed E-state index contributed by atoms with van der Waals surface area (Å²) < 4.78 is 18.7. The summed E-state index contributed by atoms with van der Waals surface area (Å²) in [5.41, 5.74) is 0.974. The van der Waals surface area contributed by atoms with Crippen molar-refractivity contribution in [3.8, 4) is 0 Å². The summed E-state index contributed by atoms with van der Waals surface area (Å²) in [6.45, 7) is 1.54. The second-order valence-electron chi connectivity index (χ2n) is 4.09. The highest BCUT2D eigenvalue weighted by Crippen LogP contribution is 2.26. The van der Waals surface area contributed by atoms with Gasteiger partial charge in [-0.3, -0.25) is 0 Å². The lowest BCUT2D eigenvalue weighted by Crippen LogP contribution is -2.29. The molecule has 88 valence electrons. The number of halogens is 3. The summed E-state index contributed by atoms with van der Waals surface area (Å²) >= 11 is 9.29. The minimum atomic E-state index is -0.345. The van der Waals surface area contributed by atoms with Crippen LogP contribution in [0.1, 0.15) is 12.0 Å². The third-order valence-electron chi connectivity index (χ3n) is 2.86. The Labute approximate surface area is 108 Å². The van der Waals surface area contributed by atoms with E-state index < -0.39 is 0 Å². The van der Waals surface area contributed by atoms with E-state index in [2.05, 4.69) is 15.9 Å². The number of rotatable bonds is 2. The van der Waals surface area contributed by atoms with Gasteiger partial charge in [-0.15, -0.1) is 0 Å². The van der Waals surface area contributed by atoms with E-state index in [0.29, 0.717) is 10.7 Å². The minimum absolute atomic E-state index is 0.180. The van der Waals surface area contributed by atoms with Crippen LogP contribution in [0, 0.1) is 11.7 Å². The maximum absolute atomic E-state index is 13.3. The second-order valence-corrected chi connectivity index (χ2v) is 5.68. The molecular formula is C12H13BrClFO. The highest BCUT2D eigenvalue weighted by molar-refractivity contribution is 9.09. The zero-order valence-electron chi connectivity index (χ0n) is 8.76. The zero-order chi connectivity index (χ0) is 11.5. The van der Waals surface area contributed by atoms with Gasteiger partial charge in [0.25, 0.3) is 0 Å². The lowest BCUT2D eigenvalue weighted by atomic mass is 9.94. The van der Waals surface area contributed by atoms with Gasteiger partial charge in [-0.2, -0.15) is 0 Å². The molecule has 2 rings (SSSR count). The molecule has 0 saturated carbocycles. The van der Waals surface area contributed by atoms with E-state index in [0.717, 1.165) is 31.6 Å². The maximum atomic E-state index is 13.3. The van der Waals surface area contributed by atoms with Gasteiger partial charge >= 0.3 is 0 Å². The van der Waals surface area contributed by atoms with E-state index in [4.69, 9.17) is 16.3 Å². The van der Waals surface area contributed by atoms with Gasteiger partial charge in [0.1, 0.15) is 5.82 Å². The third kappa shape index (κ3) is 2.96. The molecule has 0 radical (unpaired) electrons. The van der Waals surface area contributed by atoms with E-state index in [1.54, 1.807) is 6.07 Å². The lowest BCUT2D eigenvalue weighted by molar-refractivity contribution is 0.0605. The van der Waals surface area contributed by atoms with Crippen LogP contribution in [0.3, 0.4) is 0 Å². The highest BCUT2D eigenvalue weighted by atomic mass is 79.9. The zero-order valence-corrected chi connectivity index (χ0v) is 11.1. The molecule has 0 aromatic heterocycles.